The van der Waals surface area contributed by atoms with Crippen molar-refractivity contribution < 1.29 is 14.6 Å². The maximum absolute atomic E-state index is 10.7. The average molecular weight is 312 g/mol. The Kier molecular flexibility index (Phi) is 5.48. The summed E-state index contributed by atoms with van der Waals surface area (Å²) in [5.41, 5.74) is 9.38. The van der Waals surface area contributed by atoms with Crippen LogP contribution < -0.4 is 10.5 Å². The normalized spacial score (nSPS) is 16.0. The summed E-state index contributed by atoms with van der Waals surface area (Å²) < 4.78 is 5.45. The van der Waals surface area contributed by atoms with Crippen molar-refractivity contribution in [2.45, 2.75) is 51.0 Å². The van der Waals surface area contributed by atoms with Crippen LogP contribution >= 0.6 is 11.6 Å². The minimum Gasteiger partial charge on any atom is -0.495 e. The Morgan fingerprint density at radius 2 is 2.14 bits per heavy atom. The lowest BCUT2D eigenvalue weighted by atomic mass is 9.94. The van der Waals surface area contributed by atoms with Crippen molar-refractivity contribution in [3.63, 3.8) is 0 Å². The highest BCUT2D eigenvalue weighted by molar-refractivity contribution is 6.33. The van der Waals surface area contributed by atoms with Crippen LogP contribution in [0.4, 0.5) is 0 Å². The molecule has 0 aliphatic heterocycles. The second-order valence-corrected chi connectivity index (χ2v) is 5.93. The van der Waals surface area contributed by atoms with E-state index in [1.165, 1.54) is 17.5 Å². The second-order valence-electron chi connectivity index (χ2n) is 5.55. The Balaban J connectivity index is 2.38. The molecule has 2 rings (SSSR count). The first kappa shape index (κ1) is 16.1. The molecule has 1 aliphatic rings. The Bertz CT molecular complexity index is 531. The van der Waals surface area contributed by atoms with Gasteiger partial charge in [-0.2, -0.15) is 0 Å². The fourth-order valence-electron chi connectivity index (χ4n) is 2.95. The van der Waals surface area contributed by atoms with Gasteiger partial charge in [0.15, 0.2) is 0 Å². The van der Waals surface area contributed by atoms with Crippen molar-refractivity contribution in [3.05, 3.63) is 27.8 Å². The van der Waals surface area contributed by atoms with Crippen LogP contribution in [0.3, 0.4) is 0 Å². The van der Waals surface area contributed by atoms with Gasteiger partial charge >= 0.3 is 5.97 Å². The highest BCUT2D eigenvalue weighted by Gasteiger charge is 2.22. The van der Waals surface area contributed by atoms with Gasteiger partial charge in [0.05, 0.1) is 12.1 Å². The topological polar surface area (TPSA) is 72.5 Å². The number of nitrogens with two attached hydrogens (primary N) is 1. The number of rotatable bonds is 5. The number of halogens is 1. The molecule has 0 amide bonds. The van der Waals surface area contributed by atoms with Crippen molar-refractivity contribution in [3.8, 4) is 5.75 Å². The summed E-state index contributed by atoms with van der Waals surface area (Å²) in [6.45, 7) is 0. The van der Waals surface area contributed by atoms with Gasteiger partial charge in [-0.25, -0.2) is 0 Å². The van der Waals surface area contributed by atoms with Crippen molar-refractivity contribution in [2.24, 2.45) is 5.73 Å². The van der Waals surface area contributed by atoms with E-state index in [9.17, 15) is 4.79 Å². The number of aryl methyl sites for hydroxylation is 1. The molecule has 1 aromatic rings. The molecule has 5 heteroatoms. The van der Waals surface area contributed by atoms with Crippen LogP contribution in [0.15, 0.2) is 6.07 Å². The molecule has 1 aliphatic carbocycles. The van der Waals surface area contributed by atoms with E-state index in [2.05, 4.69) is 6.07 Å². The number of hydrogen-bond donors (Lipinski definition) is 2. The number of hydrogen-bond acceptors (Lipinski definition) is 3. The van der Waals surface area contributed by atoms with Gasteiger partial charge in [-0.05, 0) is 43.2 Å². The van der Waals surface area contributed by atoms with Gasteiger partial charge in [-0.1, -0.05) is 24.1 Å². The van der Waals surface area contributed by atoms with Gasteiger partial charge < -0.3 is 15.6 Å². The average Bonchev–Trinajstić information content (AvgIpc) is 2.70. The molecule has 3 N–H and O–H groups in total. The van der Waals surface area contributed by atoms with Crippen LogP contribution in [0.1, 0.15) is 54.8 Å². The zero-order valence-corrected chi connectivity index (χ0v) is 13.1. The molecule has 0 saturated heterocycles. The van der Waals surface area contributed by atoms with Crippen LogP contribution in [-0.4, -0.2) is 18.2 Å². The largest absolute Gasteiger partial charge is 0.495 e. The number of carboxylic acids is 1. The second kappa shape index (κ2) is 7.14. The molecule has 21 heavy (non-hydrogen) atoms. The van der Waals surface area contributed by atoms with E-state index in [1.54, 1.807) is 7.11 Å². The third kappa shape index (κ3) is 3.69. The molecule has 116 valence electrons. The monoisotopic (exact) mass is 311 g/mol. The number of aliphatic carboxylic acids is 1. The fourth-order valence-corrected chi connectivity index (χ4v) is 3.35. The lowest BCUT2D eigenvalue weighted by Gasteiger charge is -2.20. The fraction of sp³-hybridized carbons (Fsp3) is 0.562. The molecular formula is C16H22ClNO3. The summed E-state index contributed by atoms with van der Waals surface area (Å²) in [6, 6.07) is 1.69. The number of ether oxygens (including phenoxy) is 1. The smallest absolute Gasteiger partial charge is 0.303 e. The van der Waals surface area contributed by atoms with Crippen LogP contribution in [0.25, 0.3) is 0 Å². The number of carbonyl (C=O) groups is 1. The van der Waals surface area contributed by atoms with Gasteiger partial charge in [0, 0.05) is 18.0 Å². The highest BCUT2D eigenvalue weighted by atomic mass is 35.5. The van der Waals surface area contributed by atoms with E-state index in [0.29, 0.717) is 17.2 Å². The molecule has 4 nitrogen and oxygen atoms in total. The van der Waals surface area contributed by atoms with E-state index < -0.39 is 5.97 Å². The van der Waals surface area contributed by atoms with Gasteiger partial charge in [0.2, 0.25) is 0 Å². The first-order valence-corrected chi connectivity index (χ1v) is 7.78. The molecule has 0 heterocycles. The summed E-state index contributed by atoms with van der Waals surface area (Å²) in [4.78, 5) is 10.7. The molecule has 1 atom stereocenters. The molecule has 0 aromatic heterocycles. The van der Waals surface area contributed by atoms with Crippen molar-refractivity contribution in [2.75, 3.05) is 7.11 Å². The number of benzene rings is 1. The first-order chi connectivity index (χ1) is 10.0. The third-order valence-electron chi connectivity index (χ3n) is 4.09. The summed E-state index contributed by atoms with van der Waals surface area (Å²) in [6.07, 6.45) is 5.88. The molecule has 0 spiro atoms. The summed E-state index contributed by atoms with van der Waals surface area (Å²) in [5, 5.41) is 9.46. The predicted octanol–water partition coefficient (Wildman–Crippen LogP) is 3.48. The van der Waals surface area contributed by atoms with E-state index in [0.717, 1.165) is 31.2 Å². The Hall–Kier alpha value is -1.26. The Labute approximate surface area is 130 Å². The quantitative estimate of drug-likeness (QED) is 0.817. The molecule has 1 aromatic carbocycles. The van der Waals surface area contributed by atoms with Crippen LogP contribution in [0.2, 0.25) is 5.02 Å². The molecule has 0 radical (unpaired) electrons. The molecular weight excluding hydrogens is 290 g/mol. The van der Waals surface area contributed by atoms with Crippen LogP contribution in [-0.2, 0) is 17.6 Å². The summed E-state index contributed by atoms with van der Waals surface area (Å²) in [5.74, 6) is -0.236. The van der Waals surface area contributed by atoms with E-state index >= 15 is 0 Å². The number of carboxylic acid groups (broad SMARTS) is 1. The number of fused-ring (bicyclic) bond motifs is 1. The maximum Gasteiger partial charge on any atom is 0.303 e. The maximum atomic E-state index is 10.7. The van der Waals surface area contributed by atoms with Gasteiger partial charge in [0.1, 0.15) is 5.75 Å². The van der Waals surface area contributed by atoms with Crippen LogP contribution in [0.5, 0.6) is 5.75 Å². The van der Waals surface area contributed by atoms with Gasteiger partial charge in [-0.3, -0.25) is 4.79 Å². The molecule has 0 saturated carbocycles. The van der Waals surface area contributed by atoms with E-state index in [1.807, 2.05) is 0 Å². The van der Waals surface area contributed by atoms with Gasteiger partial charge in [-0.15, -0.1) is 0 Å². The minimum atomic E-state index is -0.842. The lowest BCUT2D eigenvalue weighted by Crippen LogP contribution is -2.15. The Morgan fingerprint density at radius 1 is 1.43 bits per heavy atom. The van der Waals surface area contributed by atoms with Crippen molar-refractivity contribution >= 4 is 17.6 Å². The standard InChI is InChI=1S/C16H22ClNO3/c1-21-16-12(13(18)7-8-14(19)20)9-10-5-3-2-4-6-11(10)15(16)17/h9,13H,2-8,18H2,1H3,(H,19,20). The van der Waals surface area contributed by atoms with Crippen LogP contribution in [0, 0.1) is 0 Å². The molecule has 1 unspecified atom stereocenters. The molecule has 0 bridgehead atoms. The zero-order valence-electron chi connectivity index (χ0n) is 12.3. The summed E-state index contributed by atoms with van der Waals surface area (Å²) >= 11 is 6.51. The minimum absolute atomic E-state index is 0.0407. The lowest BCUT2D eigenvalue weighted by molar-refractivity contribution is -0.137. The van der Waals surface area contributed by atoms with E-state index in [4.69, 9.17) is 27.2 Å². The SMILES string of the molecule is COc1c(C(N)CCC(=O)O)cc2c(c1Cl)CCCCC2. The first-order valence-electron chi connectivity index (χ1n) is 7.40. The van der Waals surface area contributed by atoms with Crippen molar-refractivity contribution in [1.29, 1.82) is 0 Å². The van der Waals surface area contributed by atoms with Crippen molar-refractivity contribution in [1.82, 2.24) is 0 Å². The van der Waals surface area contributed by atoms with Gasteiger partial charge in [0.25, 0.3) is 0 Å². The zero-order chi connectivity index (χ0) is 15.4. The predicted molar refractivity (Wildman–Crippen MR) is 83.1 cm³/mol. The van der Waals surface area contributed by atoms with E-state index in [-0.39, 0.29) is 12.5 Å². The highest BCUT2D eigenvalue weighted by Crippen LogP contribution is 2.40. The molecule has 0 fully saturated rings. The number of methoxy groups -OCH3 is 1. The third-order valence-corrected chi connectivity index (χ3v) is 4.49. The summed E-state index contributed by atoms with van der Waals surface area (Å²) in [7, 11) is 1.58. The Morgan fingerprint density at radius 3 is 2.81 bits per heavy atom.